The first-order valence-corrected chi connectivity index (χ1v) is 8.47. The first-order chi connectivity index (χ1) is 12.4. The van der Waals surface area contributed by atoms with E-state index in [-0.39, 0.29) is 41.2 Å². The summed E-state index contributed by atoms with van der Waals surface area (Å²) in [5, 5.41) is 25.2. The quantitative estimate of drug-likeness (QED) is 0.444. The third kappa shape index (κ3) is 4.25. The van der Waals surface area contributed by atoms with Crippen LogP contribution in [0.15, 0.2) is 34.7 Å². The molecule has 26 heavy (non-hydrogen) atoms. The highest BCUT2D eigenvalue weighted by atomic mass is 19.1. The fourth-order valence-electron chi connectivity index (χ4n) is 2.99. The summed E-state index contributed by atoms with van der Waals surface area (Å²) in [5.41, 5.74) is 0.279. The van der Waals surface area contributed by atoms with Crippen LogP contribution in [0.2, 0.25) is 0 Å². The number of nitrogens with zero attached hydrogens (tertiary/aromatic N) is 2. The summed E-state index contributed by atoms with van der Waals surface area (Å²) >= 11 is 0. The van der Waals surface area contributed by atoms with Crippen LogP contribution in [0.1, 0.15) is 51.0 Å². The number of halogens is 1. The molecule has 0 fully saturated rings. The number of hydrogen-bond acceptors (Lipinski definition) is 6. The largest absolute Gasteiger partial charge is 0.511 e. The number of carbonyl (C=O) groups is 1. The van der Waals surface area contributed by atoms with Crippen LogP contribution in [0.25, 0.3) is 0 Å². The zero-order chi connectivity index (χ0) is 19.3. The molecule has 1 N–H and O–H groups in total. The van der Waals surface area contributed by atoms with E-state index >= 15 is 0 Å². The number of nitro benzene ring substituents is 1. The molecule has 0 aromatic heterocycles. The van der Waals surface area contributed by atoms with E-state index < -0.39 is 16.7 Å². The topological polar surface area (TPSA) is 102 Å². The molecule has 0 saturated carbocycles. The van der Waals surface area contributed by atoms with Gasteiger partial charge in [0.05, 0.1) is 16.2 Å². The molecule has 0 spiro atoms. The van der Waals surface area contributed by atoms with Gasteiger partial charge in [-0.1, -0.05) is 18.5 Å². The molecule has 1 aromatic rings. The zero-order valence-electron chi connectivity index (χ0n) is 14.7. The first kappa shape index (κ1) is 19.6. The van der Waals surface area contributed by atoms with Gasteiger partial charge in [-0.25, -0.2) is 4.39 Å². The van der Waals surface area contributed by atoms with Gasteiger partial charge in [-0.05, 0) is 25.0 Å². The van der Waals surface area contributed by atoms with Crippen LogP contribution < -0.4 is 0 Å². The number of benzene rings is 1. The summed E-state index contributed by atoms with van der Waals surface area (Å²) in [4.78, 5) is 27.9. The van der Waals surface area contributed by atoms with Crippen molar-refractivity contribution in [2.24, 2.45) is 5.16 Å². The van der Waals surface area contributed by atoms with Gasteiger partial charge in [-0.3, -0.25) is 14.9 Å². The van der Waals surface area contributed by atoms with Gasteiger partial charge < -0.3 is 9.94 Å². The lowest BCUT2D eigenvalue weighted by molar-refractivity contribution is -0.385. The monoisotopic (exact) mass is 364 g/mol. The van der Waals surface area contributed by atoms with Crippen LogP contribution >= 0.6 is 0 Å². The smallest absolute Gasteiger partial charge is 0.269 e. The van der Waals surface area contributed by atoms with Gasteiger partial charge in [0.1, 0.15) is 18.2 Å². The highest BCUT2D eigenvalue weighted by molar-refractivity contribution is 6.23. The number of allylic oxidation sites excluding steroid dienone is 2. The molecular weight excluding hydrogens is 343 g/mol. The van der Waals surface area contributed by atoms with Crippen molar-refractivity contribution in [2.45, 2.75) is 45.4 Å². The Kier molecular flexibility index (Phi) is 6.43. The highest BCUT2D eigenvalue weighted by Crippen LogP contribution is 2.37. The molecule has 140 valence electrons. The second-order valence-corrected chi connectivity index (χ2v) is 6.02. The Morgan fingerprint density at radius 2 is 2.15 bits per heavy atom. The van der Waals surface area contributed by atoms with Gasteiger partial charge in [0.25, 0.3) is 5.69 Å². The number of aliphatic hydroxyl groups excluding tert-OH is 1. The van der Waals surface area contributed by atoms with E-state index in [1.807, 2.05) is 6.92 Å². The molecule has 2 rings (SSSR count). The van der Waals surface area contributed by atoms with Gasteiger partial charge >= 0.3 is 0 Å². The van der Waals surface area contributed by atoms with Crippen molar-refractivity contribution in [3.05, 3.63) is 51.0 Å². The van der Waals surface area contributed by atoms with Gasteiger partial charge in [-0.2, -0.15) is 0 Å². The van der Waals surface area contributed by atoms with Crippen molar-refractivity contribution in [1.29, 1.82) is 0 Å². The van der Waals surface area contributed by atoms with Gasteiger partial charge in [0.15, 0.2) is 5.78 Å². The van der Waals surface area contributed by atoms with Crippen molar-refractivity contribution in [3.8, 4) is 0 Å². The molecule has 1 aliphatic rings. The minimum absolute atomic E-state index is 0.00796. The number of ketones is 1. The SMILES string of the molecule is CCCC(=NOCC)C1=C(O)CC(c2cc([N+](=O)[O-])ccc2F)CC1=O. The van der Waals surface area contributed by atoms with E-state index in [1.165, 1.54) is 0 Å². The van der Waals surface area contributed by atoms with Crippen molar-refractivity contribution in [1.82, 2.24) is 0 Å². The number of aliphatic hydroxyl groups is 1. The summed E-state index contributed by atoms with van der Waals surface area (Å²) in [6, 6.07) is 3.19. The van der Waals surface area contributed by atoms with Crippen molar-refractivity contribution in [2.75, 3.05) is 6.61 Å². The molecule has 1 unspecified atom stereocenters. The highest BCUT2D eigenvalue weighted by Gasteiger charge is 2.33. The number of rotatable bonds is 7. The van der Waals surface area contributed by atoms with E-state index in [1.54, 1.807) is 6.92 Å². The van der Waals surface area contributed by atoms with Crippen molar-refractivity contribution in [3.63, 3.8) is 0 Å². The van der Waals surface area contributed by atoms with Crippen LogP contribution in [-0.4, -0.2) is 28.1 Å². The predicted molar refractivity (Wildman–Crippen MR) is 93.7 cm³/mol. The zero-order valence-corrected chi connectivity index (χ0v) is 14.7. The Morgan fingerprint density at radius 1 is 1.42 bits per heavy atom. The molecule has 0 radical (unpaired) electrons. The predicted octanol–water partition coefficient (Wildman–Crippen LogP) is 4.19. The minimum atomic E-state index is -0.666. The van der Waals surface area contributed by atoms with Gasteiger partial charge in [0.2, 0.25) is 0 Å². The molecule has 1 atom stereocenters. The summed E-state index contributed by atoms with van der Waals surface area (Å²) in [6.07, 6.45) is 1.11. The average molecular weight is 364 g/mol. The molecule has 0 aliphatic heterocycles. The Hall–Kier alpha value is -2.77. The lowest BCUT2D eigenvalue weighted by Gasteiger charge is -2.24. The van der Waals surface area contributed by atoms with Gasteiger partial charge in [0, 0.05) is 30.9 Å². The number of non-ortho nitro benzene ring substituents is 1. The summed E-state index contributed by atoms with van der Waals surface area (Å²) in [5.74, 6) is -1.87. The van der Waals surface area contributed by atoms with E-state index in [0.717, 1.165) is 18.2 Å². The van der Waals surface area contributed by atoms with Crippen LogP contribution in [-0.2, 0) is 9.63 Å². The molecule has 0 bridgehead atoms. The first-order valence-electron chi connectivity index (χ1n) is 8.47. The fourth-order valence-corrected chi connectivity index (χ4v) is 2.99. The van der Waals surface area contributed by atoms with Crippen molar-refractivity contribution >= 4 is 17.2 Å². The summed E-state index contributed by atoms with van der Waals surface area (Å²) in [6.45, 7) is 4.00. The Balaban J connectivity index is 2.37. The van der Waals surface area contributed by atoms with Crippen LogP contribution in [0, 0.1) is 15.9 Å². The standard InChI is InChI=1S/C18H21FN2O5/c1-3-5-15(20-26-4-2)18-16(22)8-11(9-17(18)23)13-10-12(21(24)25)6-7-14(13)19/h6-7,10-11,22H,3-5,8-9H2,1-2H3. The number of carbonyl (C=O) groups excluding carboxylic acids is 1. The van der Waals surface area contributed by atoms with Crippen LogP contribution in [0.3, 0.4) is 0 Å². The Bertz CT molecular complexity index is 773. The molecule has 7 nitrogen and oxygen atoms in total. The molecule has 0 heterocycles. The summed E-state index contributed by atoms with van der Waals surface area (Å²) in [7, 11) is 0. The maximum absolute atomic E-state index is 14.1. The van der Waals surface area contributed by atoms with Crippen LogP contribution in [0.5, 0.6) is 0 Å². The second-order valence-electron chi connectivity index (χ2n) is 6.02. The molecule has 0 amide bonds. The molecule has 0 saturated heterocycles. The summed E-state index contributed by atoms with van der Waals surface area (Å²) < 4.78 is 14.1. The van der Waals surface area contributed by atoms with Crippen molar-refractivity contribution < 1.29 is 24.1 Å². The van der Waals surface area contributed by atoms with E-state index in [9.17, 15) is 24.4 Å². The van der Waals surface area contributed by atoms with Crippen LogP contribution in [0.4, 0.5) is 10.1 Å². The number of hydrogen-bond donors (Lipinski definition) is 1. The number of oxime groups is 1. The fraction of sp³-hybridized carbons (Fsp3) is 0.444. The molecular formula is C18H21FN2O5. The lowest BCUT2D eigenvalue weighted by Crippen LogP contribution is -2.24. The maximum Gasteiger partial charge on any atom is 0.269 e. The molecule has 8 heteroatoms. The van der Waals surface area contributed by atoms with E-state index in [4.69, 9.17) is 4.84 Å². The third-order valence-electron chi connectivity index (χ3n) is 4.15. The Labute approximate surface area is 150 Å². The number of nitro groups is 1. The van der Waals surface area contributed by atoms with E-state index in [2.05, 4.69) is 5.16 Å². The second kappa shape index (κ2) is 8.55. The minimum Gasteiger partial charge on any atom is -0.511 e. The Morgan fingerprint density at radius 3 is 2.73 bits per heavy atom. The number of Topliss-reactive ketones (excluding diaryl/α,β-unsaturated/α-hetero) is 1. The average Bonchev–Trinajstić information content (AvgIpc) is 2.59. The maximum atomic E-state index is 14.1. The third-order valence-corrected chi connectivity index (χ3v) is 4.15. The molecule has 1 aliphatic carbocycles. The van der Waals surface area contributed by atoms with E-state index in [0.29, 0.717) is 25.2 Å². The molecule has 1 aromatic carbocycles. The normalized spacial score (nSPS) is 18.2. The lowest BCUT2D eigenvalue weighted by atomic mass is 9.80. The van der Waals surface area contributed by atoms with Gasteiger partial charge in [-0.15, -0.1) is 0 Å².